The minimum absolute atomic E-state index is 0.0585. The molecule has 1 fully saturated rings. The lowest BCUT2D eigenvalue weighted by molar-refractivity contribution is 0.146. The highest BCUT2D eigenvalue weighted by molar-refractivity contribution is 6.28. The summed E-state index contributed by atoms with van der Waals surface area (Å²) in [6.07, 6.45) is 3.22. The summed E-state index contributed by atoms with van der Waals surface area (Å²) in [5.41, 5.74) is 5.68. The Kier molecular flexibility index (Phi) is 3.96. The van der Waals surface area contributed by atoms with E-state index < -0.39 is 0 Å². The molecule has 2 atom stereocenters. The Labute approximate surface area is 105 Å². The lowest BCUT2D eigenvalue weighted by Crippen LogP contribution is -2.28. The van der Waals surface area contributed by atoms with Crippen molar-refractivity contribution in [1.29, 1.82) is 0 Å². The number of methoxy groups -OCH3 is 1. The number of rotatable bonds is 4. The van der Waals surface area contributed by atoms with Crippen molar-refractivity contribution >= 4 is 11.6 Å². The lowest BCUT2D eigenvalue weighted by atomic mass is 10.1. The largest absolute Gasteiger partial charge is 0.467 e. The summed E-state index contributed by atoms with van der Waals surface area (Å²) in [6.45, 7) is 0.612. The van der Waals surface area contributed by atoms with Crippen molar-refractivity contribution in [1.82, 2.24) is 15.0 Å². The number of hydrogen-bond acceptors (Lipinski definition) is 6. The van der Waals surface area contributed by atoms with E-state index in [1.807, 2.05) is 0 Å². The molecular weight excluding hydrogens is 244 g/mol. The third-order valence-electron chi connectivity index (χ3n) is 2.90. The van der Waals surface area contributed by atoms with Crippen LogP contribution in [0.3, 0.4) is 0 Å². The molecule has 0 radical (unpaired) electrons. The van der Waals surface area contributed by atoms with Gasteiger partial charge in [0.2, 0.25) is 5.28 Å². The first-order valence-corrected chi connectivity index (χ1v) is 5.93. The van der Waals surface area contributed by atoms with Gasteiger partial charge < -0.3 is 15.2 Å². The second kappa shape index (κ2) is 5.46. The van der Waals surface area contributed by atoms with E-state index in [4.69, 9.17) is 26.8 Å². The van der Waals surface area contributed by atoms with Gasteiger partial charge in [-0.3, -0.25) is 0 Å². The van der Waals surface area contributed by atoms with Gasteiger partial charge >= 0.3 is 12.0 Å². The van der Waals surface area contributed by atoms with Crippen LogP contribution in [0.5, 0.6) is 12.0 Å². The smallest absolute Gasteiger partial charge is 0.324 e. The van der Waals surface area contributed by atoms with Crippen LogP contribution in [0, 0.1) is 5.92 Å². The van der Waals surface area contributed by atoms with Crippen LogP contribution in [-0.2, 0) is 0 Å². The van der Waals surface area contributed by atoms with Gasteiger partial charge in [-0.15, -0.1) is 4.98 Å². The van der Waals surface area contributed by atoms with Gasteiger partial charge in [-0.25, -0.2) is 0 Å². The van der Waals surface area contributed by atoms with Crippen LogP contribution in [0.4, 0.5) is 0 Å². The van der Waals surface area contributed by atoms with Crippen LogP contribution in [0.15, 0.2) is 0 Å². The van der Waals surface area contributed by atoms with Crippen LogP contribution in [0.25, 0.3) is 0 Å². The summed E-state index contributed by atoms with van der Waals surface area (Å²) in [5, 5.41) is 0.0640. The van der Waals surface area contributed by atoms with Gasteiger partial charge in [0, 0.05) is 5.92 Å². The van der Waals surface area contributed by atoms with Crippen LogP contribution in [-0.4, -0.2) is 34.7 Å². The minimum atomic E-state index is 0.0585. The number of halogens is 1. The van der Waals surface area contributed by atoms with Gasteiger partial charge in [0.1, 0.15) is 6.10 Å². The molecule has 0 spiro atoms. The average molecular weight is 259 g/mol. The van der Waals surface area contributed by atoms with Gasteiger partial charge in [0.15, 0.2) is 0 Å². The summed E-state index contributed by atoms with van der Waals surface area (Å²) in [5.74, 6) is 0.358. The molecule has 0 aromatic carbocycles. The van der Waals surface area contributed by atoms with E-state index in [9.17, 15) is 0 Å². The topological polar surface area (TPSA) is 83.2 Å². The third-order valence-corrected chi connectivity index (χ3v) is 3.07. The molecule has 2 N–H and O–H groups in total. The normalized spacial score (nSPS) is 23.7. The highest BCUT2D eigenvalue weighted by Gasteiger charge is 2.28. The van der Waals surface area contributed by atoms with Crippen LogP contribution in [0.2, 0.25) is 5.28 Å². The van der Waals surface area contributed by atoms with Crippen molar-refractivity contribution in [2.45, 2.75) is 25.4 Å². The fourth-order valence-corrected chi connectivity index (χ4v) is 2.17. The first-order chi connectivity index (χ1) is 8.22. The molecule has 0 saturated heterocycles. The zero-order chi connectivity index (χ0) is 12.3. The summed E-state index contributed by atoms with van der Waals surface area (Å²) in [7, 11) is 1.47. The van der Waals surface area contributed by atoms with E-state index in [0.29, 0.717) is 12.5 Å². The van der Waals surface area contributed by atoms with Gasteiger partial charge in [-0.2, -0.15) is 9.97 Å². The monoisotopic (exact) mass is 258 g/mol. The van der Waals surface area contributed by atoms with Crippen LogP contribution < -0.4 is 15.2 Å². The summed E-state index contributed by atoms with van der Waals surface area (Å²) >= 11 is 5.74. The summed E-state index contributed by atoms with van der Waals surface area (Å²) < 4.78 is 10.6. The molecule has 1 heterocycles. The molecule has 2 unspecified atom stereocenters. The van der Waals surface area contributed by atoms with E-state index in [1.165, 1.54) is 7.11 Å². The van der Waals surface area contributed by atoms with Crippen molar-refractivity contribution in [3.63, 3.8) is 0 Å². The Hall–Kier alpha value is -1.14. The van der Waals surface area contributed by atoms with E-state index >= 15 is 0 Å². The first-order valence-electron chi connectivity index (χ1n) is 5.55. The number of hydrogen-bond donors (Lipinski definition) is 1. The molecule has 17 heavy (non-hydrogen) atoms. The zero-order valence-electron chi connectivity index (χ0n) is 9.60. The SMILES string of the molecule is COc1nc(Cl)nc(OC2CCCC2CN)n1. The molecule has 94 valence electrons. The Morgan fingerprint density at radius 3 is 2.76 bits per heavy atom. The van der Waals surface area contributed by atoms with Crippen molar-refractivity contribution < 1.29 is 9.47 Å². The molecule has 6 nitrogen and oxygen atoms in total. The van der Waals surface area contributed by atoms with Gasteiger partial charge in [-0.05, 0) is 37.4 Å². The van der Waals surface area contributed by atoms with Gasteiger partial charge in [0.25, 0.3) is 0 Å². The Morgan fingerprint density at radius 2 is 2.06 bits per heavy atom. The maximum atomic E-state index is 5.74. The highest BCUT2D eigenvalue weighted by atomic mass is 35.5. The Morgan fingerprint density at radius 1 is 1.29 bits per heavy atom. The lowest BCUT2D eigenvalue weighted by Gasteiger charge is -2.18. The second-order valence-corrected chi connectivity index (χ2v) is 4.29. The fraction of sp³-hybridized carbons (Fsp3) is 0.700. The molecule has 2 rings (SSSR count). The first kappa shape index (κ1) is 12.3. The average Bonchev–Trinajstić information content (AvgIpc) is 2.75. The molecule has 0 aliphatic heterocycles. The minimum Gasteiger partial charge on any atom is -0.467 e. The second-order valence-electron chi connectivity index (χ2n) is 3.96. The predicted octanol–water partition coefficient (Wildman–Crippen LogP) is 1.04. The van der Waals surface area contributed by atoms with Crippen LogP contribution >= 0.6 is 11.6 Å². The van der Waals surface area contributed by atoms with Crippen LogP contribution in [0.1, 0.15) is 19.3 Å². The maximum Gasteiger partial charge on any atom is 0.324 e. The molecule has 1 aromatic rings. The molecule has 1 aliphatic rings. The molecular formula is C10H15ClN4O2. The highest BCUT2D eigenvalue weighted by Crippen LogP contribution is 2.28. The molecule has 1 aromatic heterocycles. The maximum absolute atomic E-state index is 5.74. The van der Waals surface area contributed by atoms with Crippen molar-refractivity contribution in [3.8, 4) is 12.0 Å². The quantitative estimate of drug-likeness (QED) is 0.869. The summed E-state index contributed by atoms with van der Waals surface area (Å²) in [6, 6.07) is 0.356. The fourth-order valence-electron chi connectivity index (χ4n) is 2.02. The number of nitrogens with two attached hydrogens (primary N) is 1. The van der Waals surface area contributed by atoms with E-state index in [1.54, 1.807) is 0 Å². The standard InChI is InChI=1S/C10H15ClN4O2/c1-16-9-13-8(11)14-10(15-9)17-7-4-2-3-6(7)5-12/h6-7H,2-5,12H2,1H3. The van der Waals surface area contributed by atoms with Crippen molar-refractivity contribution in [3.05, 3.63) is 5.28 Å². The van der Waals surface area contributed by atoms with Crippen molar-refractivity contribution in [2.24, 2.45) is 11.7 Å². The Balaban J connectivity index is 2.09. The van der Waals surface area contributed by atoms with E-state index in [0.717, 1.165) is 19.3 Å². The Bertz CT molecular complexity index is 391. The van der Waals surface area contributed by atoms with E-state index in [-0.39, 0.29) is 23.4 Å². The van der Waals surface area contributed by atoms with E-state index in [2.05, 4.69) is 15.0 Å². The van der Waals surface area contributed by atoms with Crippen molar-refractivity contribution in [2.75, 3.05) is 13.7 Å². The van der Waals surface area contributed by atoms with Gasteiger partial charge in [0.05, 0.1) is 7.11 Å². The molecule has 1 saturated carbocycles. The summed E-state index contributed by atoms with van der Waals surface area (Å²) in [4.78, 5) is 11.7. The number of aromatic nitrogens is 3. The number of nitrogens with zero attached hydrogens (tertiary/aromatic N) is 3. The zero-order valence-corrected chi connectivity index (χ0v) is 10.4. The molecule has 0 amide bonds. The third kappa shape index (κ3) is 2.95. The number of ether oxygens (including phenoxy) is 2. The molecule has 0 bridgehead atoms. The van der Waals surface area contributed by atoms with Gasteiger partial charge in [-0.1, -0.05) is 0 Å². The molecule has 1 aliphatic carbocycles. The molecule has 7 heteroatoms. The predicted molar refractivity (Wildman–Crippen MR) is 62.2 cm³/mol.